The van der Waals surface area contributed by atoms with E-state index in [-0.39, 0.29) is 75.3 Å². The van der Waals surface area contributed by atoms with Crippen LogP contribution in [0.25, 0.3) is 0 Å². The Kier molecular flexibility index (Phi) is 26.6. The molecule has 1 spiro atoms. The van der Waals surface area contributed by atoms with Crippen LogP contribution in [0.3, 0.4) is 0 Å². The van der Waals surface area contributed by atoms with Crippen LogP contribution in [0.5, 0.6) is 0 Å². The lowest BCUT2D eigenvalue weighted by Gasteiger charge is -2.39. The third-order valence-corrected chi connectivity index (χ3v) is 18.6. The number of fused-ring (bicyclic) bond motifs is 1. The summed E-state index contributed by atoms with van der Waals surface area (Å²) < 4.78 is 55.7. The quantitative estimate of drug-likeness (QED) is 0.235. The van der Waals surface area contributed by atoms with Crippen molar-refractivity contribution in [2.24, 2.45) is 23.7 Å². The van der Waals surface area contributed by atoms with Gasteiger partial charge in [0.05, 0.1) is 25.2 Å². The number of amides is 11. The highest BCUT2D eigenvalue weighted by atomic mass is 19.4. The number of nitrogens with zero attached hydrogens (tertiary/aromatic N) is 7. The van der Waals surface area contributed by atoms with Gasteiger partial charge in [-0.15, -0.1) is 0 Å². The Morgan fingerprint density at radius 3 is 1.84 bits per heavy atom. The van der Waals surface area contributed by atoms with Gasteiger partial charge in [0.2, 0.25) is 65.0 Å². The molecule has 0 bridgehead atoms. The molecule has 2 heterocycles. The normalized spacial score (nSPS) is 26.3. The van der Waals surface area contributed by atoms with E-state index in [1.807, 2.05) is 20.8 Å². The van der Waals surface area contributed by atoms with Crippen LogP contribution >= 0.6 is 0 Å². The Bertz CT molecular complexity index is 2760. The summed E-state index contributed by atoms with van der Waals surface area (Å²) in [4.78, 5) is 167. The van der Waals surface area contributed by atoms with Gasteiger partial charge in [-0.2, -0.15) is 13.2 Å². The van der Waals surface area contributed by atoms with E-state index < -0.39 is 162 Å². The van der Waals surface area contributed by atoms with E-state index in [1.165, 1.54) is 61.9 Å². The van der Waals surface area contributed by atoms with Crippen LogP contribution in [0, 0.1) is 29.5 Å². The average molecular weight is 1270 g/mol. The number of hydrogen-bond donors (Lipinski definition) is 4. The molecule has 26 heteroatoms. The molecule has 4 N–H and O–H groups in total. The standard InChI is InChI=1S/C64H99F4N11O11/c1-14-40(6)54-61(89)75(10)36-52(82)73(8)37-53(83)77(12)49(34-42-21-16-15-17-22-42)60(88)74(9)35-50(80)70-46(27-25-43-24-26-44(45(65)33-43)64(66,67)68)59(87)79-30-20-23-47(79)57(85)72-63(28-18-19-29-63)62(90)78(13)55(39(4)5)58(86)69-41(7)32-51(81)76(11)48(31-38(2)3)56(84)71-54/h24,26,33,38-42,46-49,54-55H,14-23,25,27-32,34-37H2,1-13H3,(H,69,86)(H,70,80)(H,71,84)(H,72,85)/t40?,41-,46+,47+,48+,49+,54+,55+/m1/s1. The molecule has 0 aromatic heterocycles. The lowest BCUT2D eigenvalue weighted by Crippen LogP contribution is -2.64. The number of hydrogen-bond acceptors (Lipinski definition) is 11. The van der Waals surface area contributed by atoms with Crippen molar-refractivity contribution in [3.8, 4) is 0 Å². The second-order valence-electron chi connectivity index (χ2n) is 26.6. The lowest BCUT2D eigenvalue weighted by atomic mass is 9.84. The summed E-state index contributed by atoms with van der Waals surface area (Å²) in [5.41, 5.74) is -2.95. The fraction of sp³-hybridized carbons (Fsp3) is 0.734. The molecule has 2 aliphatic heterocycles. The van der Waals surface area contributed by atoms with Crippen molar-refractivity contribution >= 4 is 65.0 Å². The van der Waals surface area contributed by atoms with Gasteiger partial charge in [-0.05, 0) is 99.7 Å². The van der Waals surface area contributed by atoms with Crippen molar-refractivity contribution in [3.05, 3.63) is 35.1 Å². The molecule has 90 heavy (non-hydrogen) atoms. The Hall–Kier alpha value is -6.89. The number of rotatable bonds is 10. The molecule has 1 aromatic carbocycles. The monoisotopic (exact) mass is 1270 g/mol. The Labute approximate surface area is 528 Å². The van der Waals surface area contributed by atoms with Gasteiger partial charge in [-0.1, -0.05) is 99.0 Å². The predicted molar refractivity (Wildman–Crippen MR) is 327 cm³/mol. The number of nitrogens with one attached hydrogen (secondary N) is 4. The number of aryl methyl sites for hydroxylation is 1. The third-order valence-electron chi connectivity index (χ3n) is 18.6. The first-order valence-corrected chi connectivity index (χ1v) is 32.0. The highest BCUT2D eigenvalue weighted by molar-refractivity contribution is 5.99. The van der Waals surface area contributed by atoms with Crippen LogP contribution in [0.4, 0.5) is 17.6 Å². The molecule has 1 unspecified atom stereocenters. The van der Waals surface area contributed by atoms with Crippen molar-refractivity contribution in [2.75, 3.05) is 68.5 Å². The second-order valence-corrected chi connectivity index (χ2v) is 26.6. The smallest absolute Gasteiger partial charge is 0.351 e. The van der Waals surface area contributed by atoms with Crippen LogP contribution in [-0.4, -0.2) is 216 Å². The van der Waals surface area contributed by atoms with Crippen LogP contribution in [0.15, 0.2) is 18.2 Å². The van der Waals surface area contributed by atoms with E-state index in [0.717, 1.165) is 52.9 Å². The first-order valence-electron chi connectivity index (χ1n) is 32.0. The zero-order valence-electron chi connectivity index (χ0n) is 55.1. The molecule has 504 valence electrons. The molecule has 2 saturated carbocycles. The SMILES string of the molecule is CCC(C)[C@@H]1NC(=O)[C@H](CC(C)C)N(C)C(=O)C[C@@H](C)NC(=O)[C@H](C(C)C)N(C)C(=O)C2(CCCC2)NC(=O)[C@@H]2CCCN2C(=O)[C@H](CCc2ccc(C(F)(F)F)c(F)c2)NC(=O)CN(C)C(=O)[C@H](CC2CCCCC2)N(C)C(=O)CN(C)C(=O)CN(C)C1=O. The minimum atomic E-state index is -4.99. The van der Waals surface area contributed by atoms with Crippen molar-refractivity contribution in [2.45, 2.75) is 212 Å². The van der Waals surface area contributed by atoms with E-state index in [0.29, 0.717) is 37.8 Å². The summed E-state index contributed by atoms with van der Waals surface area (Å²) in [7, 11) is 8.46. The molecule has 4 aliphatic rings. The maximum Gasteiger partial charge on any atom is 0.419 e. The largest absolute Gasteiger partial charge is 0.419 e. The first kappa shape index (κ1) is 73.8. The third kappa shape index (κ3) is 19.1. The van der Waals surface area contributed by atoms with E-state index in [2.05, 4.69) is 21.3 Å². The van der Waals surface area contributed by atoms with E-state index in [9.17, 15) is 70.3 Å². The number of likely N-dealkylation sites (N-methyl/N-ethyl adjacent to an activating group) is 6. The second kappa shape index (κ2) is 32.4. The van der Waals surface area contributed by atoms with Gasteiger partial charge < -0.3 is 55.6 Å². The van der Waals surface area contributed by atoms with Crippen molar-refractivity contribution < 1.29 is 70.3 Å². The van der Waals surface area contributed by atoms with Crippen molar-refractivity contribution in [1.82, 2.24) is 55.6 Å². The maximum absolute atomic E-state index is 15.0. The minimum Gasteiger partial charge on any atom is -0.351 e. The van der Waals surface area contributed by atoms with E-state index >= 15 is 0 Å². The zero-order valence-corrected chi connectivity index (χ0v) is 55.1. The molecule has 5 rings (SSSR count). The molecule has 2 saturated heterocycles. The summed E-state index contributed by atoms with van der Waals surface area (Å²) in [5.74, 6) is -9.65. The summed E-state index contributed by atoms with van der Waals surface area (Å²) in [6, 6.07) is -5.60. The van der Waals surface area contributed by atoms with E-state index in [4.69, 9.17) is 0 Å². The fourth-order valence-corrected chi connectivity index (χ4v) is 13.0. The predicted octanol–water partition coefficient (Wildman–Crippen LogP) is 4.65. The van der Waals surface area contributed by atoms with Gasteiger partial charge in [0.25, 0.3) is 0 Å². The van der Waals surface area contributed by atoms with Crippen molar-refractivity contribution in [3.63, 3.8) is 0 Å². The van der Waals surface area contributed by atoms with Crippen LogP contribution in [0.1, 0.15) is 162 Å². The molecule has 2 aliphatic carbocycles. The van der Waals surface area contributed by atoms with Gasteiger partial charge in [0, 0.05) is 61.3 Å². The number of benzene rings is 1. The summed E-state index contributed by atoms with van der Waals surface area (Å²) in [6.07, 6.45) is 1.30. The summed E-state index contributed by atoms with van der Waals surface area (Å²) in [5, 5.41) is 11.4. The maximum atomic E-state index is 15.0. The molecule has 8 atom stereocenters. The molecular weight excluding hydrogens is 1170 g/mol. The van der Waals surface area contributed by atoms with Crippen molar-refractivity contribution in [1.29, 1.82) is 0 Å². The fourth-order valence-electron chi connectivity index (χ4n) is 13.0. The Balaban J connectivity index is 1.54. The molecule has 1 aromatic rings. The molecule has 22 nitrogen and oxygen atoms in total. The first-order chi connectivity index (χ1) is 42.1. The van der Waals surface area contributed by atoms with Crippen LogP contribution in [-0.2, 0) is 65.3 Å². The molecule has 0 radical (unpaired) electrons. The summed E-state index contributed by atoms with van der Waals surface area (Å²) in [6.45, 7) is 10.8. The van der Waals surface area contributed by atoms with Gasteiger partial charge >= 0.3 is 6.18 Å². The van der Waals surface area contributed by atoms with Gasteiger partial charge in [0.15, 0.2) is 0 Å². The highest BCUT2D eigenvalue weighted by Gasteiger charge is 2.50. The minimum absolute atomic E-state index is 0.0166. The average Bonchev–Trinajstić information content (AvgIpc) is 1.54. The molecule has 4 fully saturated rings. The topological polar surface area (TPSA) is 259 Å². The Morgan fingerprint density at radius 2 is 1.26 bits per heavy atom. The molecule has 11 amide bonds. The number of alkyl halides is 3. The molecular formula is C64H99F4N11O11. The summed E-state index contributed by atoms with van der Waals surface area (Å²) >= 11 is 0. The zero-order chi connectivity index (χ0) is 67.3. The number of carbonyl (C=O) groups is 11. The number of carbonyl (C=O) groups excluding carboxylic acids is 11. The van der Waals surface area contributed by atoms with E-state index in [1.54, 1.807) is 27.7 Å². The van der Waals surface area contributed by atoms with Crippen LogP contribution in [0.2, 0.25) is 0 Å². The number of halogens is 4. The lowest BCUT2D eigenvalue weighted by molar-refractivity contribution is -0.149. The Morgan fingerprint density at radius 1 is 0.644 bits per heavy atom. The van der Waals surface area contributed by atoms with Gasteiger partial charge in [0.1, 0.15) is 47.6 Å². The van der Waals surface area contributed by atoms with Gasteiger partial charge in [-0.3, -0.25) is 52.7 Å². The van der Waals surface area contributed by atoms with Gasteiger partial charge in [-0.25, -0.2) is 4.39 Å². The van der Waals surface area contributed by atoms with Crippen LogP contribution < -0.4 is 21.3 Å². The highest BCUT2D eigenvalue weighted by Crippen LogP contribution is 2.35.